The van der Waals surface area contributed by atoms with E-state index in [1.807, 2.05) is 0 Å². The van der Waals surface area contributed by atoms with Gasteiger partial charge >= 0.3 is 5.97 Å². The molecule has 3 amide bonds. The molecule has 5 rings (SSSR count). The van der Waals surface area contributed by atoms with E-state index in [0.717, 1.165) is 17.0 Å². The third-order valence-corrected chi connectivity index (χ3v) is 12.5. The Morgan fingerprint density at radius 3 is 1.28 bits per heavy atom. The SMILES string of the molecule is O=C(O)c1cccc(C(=O)N(C[C@H]2O[C@@](O)(Cc3ccccc3)[C@H](NC(=O)[C@H](O)[C@@H](O)[C@H](O)[C@H](O)CO)[C@@H](O)[C@@H]2O)C[C@H]2O[C@@](O)(Cc3ccccc3)[C@H](NC(=O)[C@H](O)[C@@H](O)[C@H](O)[C@H](O)CO)[C@@H](O)[C@@H]2O)c1. The Morgan fingerprint density at radius 1 is 0.542 bits per heavy atom. The van der Waals surface area contributed by atoms with Crippen LogP contribution in [0.15, 0.2) is 84.9 Å². The maximum Gasteiger partial charge on any atom is 0.335 e. The number of amides is 3. The number of carbonyl (C=O) groups excluding carboxylic acids is 3. The first-order chi connectivity index (χ1) is 33.9. The van der Waals surface area contributed by atoms with Crippen molar-refractivity contribution < 1.29 is 115 Å². The van der Waals surface area contributed by atoms with Crippen LogP contribution < -0.4 is 10.6 Å². The number of rotatable bonds is 22. The molecule has 0 aliphatic carbocycles. The number of benzene rings is 3. The highest BCUT2D eigenvalue weighted by molar-refractivity contribution is 5.97. The first kappa shape index (κ1) is 57.7. The van der Waals surface area contributed by atoms with Gasteiger partial charge in [-0.1, -0.05) is 66.7 Å². The predicted molar refractivity (Wildman–Crippen MR) is 239 cm³/mol. The molecule has 0 aromatic heterocycles. The van der Waals surface area contributed by atoms with E-state index in [2.05, 4.69) is 10.6 Å². The fraction of sp³-hybridized carbons (Fsp3) is 0.522. The molecule has 3 aromatic carbocycles. The summed E-state index contributed by atoms with van der Waals surface area (Å²) in [5, 5.41) is 185. The van der Waals surface area contributed by atoms with E-state index in [9.17, 15) is 106 Å². The average Bonchev–Trinajstić information content (AvgIpc) is 3.37. The number of carboxylic acid groups (broad SMARTS) is 1. The number of carbonyl (C=O) groups is 4. The third-order valence-electron chi connectivity index (χ3n) is 12.5. The molecule has 19 N–H and O–H groups in total. The van der Waals surface area contributed by atoms with Crippen LogP contribution in [0.2, 0.25) is 0 Å². The lowest BCUT2D eigenvalue weighted by Gasteiger charge is -2.51. The van der Waals surface area contributed by atoms with Crippen molar-refractivity contribution in [2.45, 2.75) is 122 Å². The Kier molecular flexibility index (Phi) is 19.8. The highest BCUT2D eigenvalue weighted by Gasteiger charge is 2.57. The van der Waals surface area contributed by atoms with Crippen molar-refractivity contribution in [2.24, 2.45) is 0 Å². The summed E-state index contributed by atoms with van der Waals surface area (Å²) in [6.45, 7) is -4.07. The molecular weight excluding hydrogens is 963 g/mol. The van der Waals surface area contributed by atoms with Crippen LogP contribution in [0.4, 0.5) is 0 Å². The van der Waals surface area contributed by atoms with Crippen LogP contribution >= 0.6 is 0 Å². The van der Waals surface area contributed by atoms with Gasteiger partial charge in [-0.05, 0) is 29.3 Å². The number of carboxylic acids is 1. The maximum atomic E-state index is 14.6. The Bertz CT molecular complexity index is 2150. The van der Waals surface area contributed by atoms with Crippen molar-refractivity contribution in [3.63, 3.8) is 0 Å². The third kappa shape index (κ3) is 13.3. The van der Waals surface area contributed by atoms with Gasteiger partial charge < -0.3 is 112 Å². The summed E-state index contributed by atoms with van der Waals surface area (Å²) in [6, 6.07) is 15.5. The first-order valence-electron chi connectivity index (χ1n) is 22.4. The van der Waals surface area contributed by atoms with Gasteiger partial charge in [0.2, 0.25) is 0 Å². The molecule has 2 aliphatic rings. The molecule has 2 fully saturated rings. The van der Waals surface area contributed by atoms with E-state index in [-0.39, 0.29) is 16.7 Å². The van der Waals surface area contributed by atoms with Crippen LogP contribution in [0, 0.1) is 0 Å². The Labute approximate surface area is 409 Å². The fourth-order valence-electron chi connectivity index (χ4n) is 8.42. The second-order valence-corrected chi connectivity index (χ2v) is 17.7. The summed E-state index contributed by atoms with van der Waals surface area (Å²) in [7, 11) is 0. The molecule has 72 heavy (non-hydrogen) atoms. The summed E-state index contributed by atoms with van der Waals surface area (Å²) in [6.07, 6.45) is -32.9. The second-order valence-electron chi connectivity index (χ2n) is 17.7. The van der Waals surface area contributed by atoms with Gasteiger partial charge in [-0.15, -0.1) is 0 Å². The number of hydrogen-bond donors (Lipinski definition) is 19. The molecule has 0 unspecified atom stereocenters. The summed E-state index contributed by atoms with van der Waals surface area (Å²) >= 11 is 0. The Balaban J connectivity index is 1.52. The molecular formula is C46H61N3O23. The van der Waals surface area contributed by atoms with Gasteiger partial charge in [0, 0.05) is 18.4 Å². The van der Waals surface area contributed by atoms with Gasteiger partial charge in [0.05, 0.1) is 31.9 Å². The van der Waals surface area contributed by atoms with Crippen LogP contribution in [0.3, 0.4) is 0 Å². The number of aliphatic hydroxyl groups is 16. The summed E-state index contributed by atoms with van der Waals surface area (Å²) in [5.74, 6) is -11.4. The average molecular weight is 1020 g/mol. The number of ether oxygens (including phenoxy) is 2. The topological polar surface area (TPSA) is 458 Å². The molecule has 3 aromatic rings. The lowest BCUT2D eigenvalue weighted by atomic mass is 9.85. The van der Waals surface area contributed by atoms with Crippen LogP contribution in [0.25, 0.3) is 0 Å². The maximum absolute atomic E-state index is 14.6. The van der Waals surface area contributed by atoms with Gasteiger partial charge in [-0.25, -0.2) is 4.79 Å². The quantitative estimate of drug-likeness (QED) is 0.0444. The van der Waals surface area contributed by atoms with Crippen molar-refractivity contribution >= 4 is 23.7 Å². The number of aromatic carboxylic acids is 1. The predicted octanol–water partition coefficient (Wildman–Crippen LogP) is -8.23. The first-order valence-corrected chi connectivity index (χ1v) is 22.4. The van der Waals surface area contributed by atoms with Gasteiger partial charge in [0.1, 0.15) is 85.3 Å². The molecule has 26 heteroatoms. The van der Waals surface area contributed by atoms with E-state index < -0.39 is 178 Å². The van der Waals surface area contributed by atoms with Crippen molar-refractivity contribution in [2.75, 3.05) is 26.3 Å². The smallest absolute Gasteiger partial charge is 0.335 e. The van der Waals surface area contributed by atoms with Gasteiger partial charge in [-0.2, -0.15) is 0 Å². The lowest BCUT2D eigenvalue weighted by molar-refractivity contribution is -0.320. The van der Waals surface area contributed by atoms with Crippen LogP contribution in [-0.2, 0) is 31.9 Å². The van der Waals surface area contributed by atoms with Gasteiger partial charge in [0.15, 0.2) is 23.8 Å². The molecule has 398 valence electrons. The standard InChI is InChI=1S/C46H61N3O23/c50-19-25(52)29(54)33(58)37(62)41(64)47-39-35(60)31(56)27(71-45(39,69)15-21-8-3-1-4-9-21)17-49(43(66)23-12-7-13-24(14-23)44(67)68)18-28-32(57)36(61)40(46(70,72-28)16-22-10-5-2-6-11-22)48-42(65)38(63)34(59)30(55)26(53)20-51/h1-14,25-40,50-63,69-70H,15-20H2,(H,47,64)(H,48,65)(H,67,68)/t25-,26-,27-,28-,29-,30-,31-,32-,33+,34+,35+,36+,37-,38-,39-,40-,45+,46+/m1/s1. The second kappa shape index (κ2) is 24.7. The molecule has 2 aliphatic heterocycles. The molecule has 0 bridgehead atoms. The van der Waals surface area contributed by atoms with Crippen molar-refractivity contribution in [3.05, 3.63) is 107 Å². The monoisotopic (exact) mass is 1020 g/mol. The zero-order valence-corrected chi connectivity index (χ0v) is 38.1. The molecule has 2 saturated heterocycles. The molecule has 2 heterocycles. The van der Waals surface area contributed by atoms with Crippen LogP contribution in [-0.4, -0.2) is 251 Å². The number of hydrogen-bond acceptors (Lipinski definition) is 22. The number of nitrogens with one attached hydrogen (secondary N) is 2. The van der Waals surface area contributed by atoms with E-state index in [1.165, 1.54) is 60.7 Å². The molecule has 26 nitrogen and oxygen atoms in total. The fourth-order valence-corrected chi connectivity index (χ4v) is 8.42. The van der Waals surface area contributed by atoms with Gasteiger partial charge in [0.25, 0.3) is 17.7 Å². The molecule has 0 radical (unpaired) electrons. The number of nitrogens with zero attached hydrogens (tertiary/aromatic N) is 1. The van der Waals surface area contributed by atoms with Crippen molar-refractivity contribution in [3.8, 4) is 0 Å². The summed E-state index contributed by atoms with van der Waals surface area (Å²) < 4.78 is 12.1. The van der Waals surface area contributed by atoms with Gasteiger partial charge in [-0.3, -0.25) is 14.4 Å². The highest BCUT2D eigenvalue weighted by atomic mass is 16.7. The number of aliphatic hydroxyl groups excluding tert-OH is 14. The van der Waals surface area contributed by atoms with Crippen molar-refractivity contribution in [1.29, 1.82) is 0 Å². The minimum Gasteiger partial charge on any atom is -0.478 e. The largest absolute Gasteiger partial charge is 0.478 e. The highest BCUT2D eigenvalue weighted by Crippen LogP contribution is 2.35. The van der Waals surface area contributed by atoms with E-state index in [4.69, 9.17) is 9.47 Å². The van der Waals surface area contributed by atoms with E-state index in [1.54, 1.807) is 12.1 Å². The van der Waals surface area contributed by atoms with E-state index >= 15 is 0 Å². The van der Waals surface area contributed by atoms with Crippen LogP contribution in [0.1, 0.15) is 31.8 Å². The molecule has 18 atom stereocenters. The minimum atomic E-state index is -2.82. The summed E-state index contributed by atoms with van der Waals surface area (Å²) in [4.78, 5) is 53.9. The minimum absolute atomic E-state index is 0.273. The molecule has 0 saturated carbocycles. The zero-order valence-electron chi connectivity index (χ0n) is 38.1. The normalized spacial score (nSPS) is 29.8. The van der Waals surface area contributed by atoms with E-state index in [0.29, 0.717) is 0 Å². The summed E-state index contributed by atoms with van der Waals surface area (Å²) in [5.41, 5.74) is -0.203. The Hall–Kier alpha value is -5.18. The molecule has 0 spiro atoms. The Morgan fingerprint density at radius 2 is 0.917 bits per heavy atom. The zero-order chi connectivity index (χ0) is 53.4. The lowest BCUT2D eigenvalue weighted by Crippen LogP contribution is -2.73. The van der Waals surface area contributed by atoms with Crippen LogP contribution in [0.5, 0.6) is 0 Å². The van der Waals surface area contributed by atoms with Crippen molar-refractivity contribution in [1.82, 2.24) is 15.5 Å².